The molecule has 0 spiro atoms. The van der Waals surface area contributed by atoms with E-state index in [1.54, 1.807) is 0 Å². The molecule has 0 heterocycles. The Bertz CT molecular complexity index is 957. The van der Waals surface area contributed by atoms with Gasteiger partial charge in [0.1, 0.15) is 17.0 Å². The summed E-state index contributed by atoms with van der Waals surface area (Å²) < 4.78 is 27.2. The molecule has 5 heteroatoms. The molecule has 0 aliphatic heterocycles. The summed E-state index contributed by atoms with van der Waals surface area (Å²) in [6.07, 6.45) is 0.321. The molecule has 0 fully saturated rings. The average Bonchev–Trinajstić information content (AvgIpc) is 2.71. The minimum Gasteiger partial charge on any atom is -0.322 e. The van der Waals surface area contributed by atoms with Crippen molar-refractivity contribution in [1.29, 1.82) is 5.26 Å². The van der Waals surface area contributed by atoms with Gasteiger partial charge in [0.25, 0.3) is 0 Å². The predicted molar refractivity (Wildman–Crippen MR) is 103 cm³/mol. The molecule has 0 aromatic heterocycles. The third-order valence-corrected chi connectivity index (χ3v) is 4.53. The second-order valence-electron chi connectivity index (χ2n) is 6.60. The minimum absolute atomic E-state index is 0.160. The number of nitrogens with one attached hydrogen (secondary N) is 1. The number of hydrogen-bond donors (Lipinski definition) is 1. The van der Waals surface area contributed by atoms with E-state index in [9.17, 15) is 18.8 Å². The standard InChI is InChI=1S/C23H18F2N2O/c24-19-11-12-21(20(25)13-19)27-22(28)23(16-26,14-17-7-3-1-4-8-17)15-18-9-5-2-6-10-18/h1-13H,14-15H2,(H,27,28). The van der Waals surface area contributed by atoms with Crippen LogP contribution in [0.2, 0.25) is 0 Å². The second kappa shape index (κ2) is 8.45. The van der Waals surface area contributed by atoms with Gasteiger partial charge in [-0.3, -0.25) is 4.79 Å². The van der Waals surface area contributed by atoms with Crippen molar-refractivity contribution in [3.63, 3.8) is 0 Å². The van der Waals surface area contributed by atoms with E-state index in [1.807, 2.05) is 60.7 Å². The lowest BCUT2D eigenvalue weighted by Crippen LogP contribution is -2.39. The van der Waals surface area contributed by atoms with Crippen LogP contribution in [0.1, 0.15) is 11.1 Å². The average molecular weight is 376 g/mol. The van der Waals surface area contributed by atoms with Gasteiger partial charge < -0.3 is 5.32 Å². The summed E-state index contributed by atoms with van der Waals surface area (Å²) in [5.41, 5.74) is 0.0142. The fourth-order valence-electron chi connectivity index (χ4n) is 3.07. The number of carbonyl (C=O) groups is 1. The first-order chi connectivity index (χ1) is 13.5. The maximum absolute atomic E-state index is 14.0. The van der Waals surface area contributed by atoms with Gasteiger partial charge in [-0.2, -0.15) is 5.26 Å². The summed E-state index contributed by atoms with van der Waals surface area (Å²) in [6, 6.07) is 23.4. The van der Waals surface area contributed by atoms with Crippen molar-refractivity contribution in [2.75, 3.05) is 5.32 Å². The van der Waals surface area contributed by atoms with Gasteiger partial charge in [-0.25, -0.2) is 8.78 Å². The van der Waals surface area contributed by atoms with Crippen molar-refractivity contribution in [3.8, 4) is 6.07 Å². The van der Waals surface area contributed by atoms with Crippen LogP contribution < -0.4 is 5.32 Å². The molecule has 3 aromatic carbocycles. The molecule has 0 radical (unpaired) electrons. The Morgan fingerprint density at radius 3 is 1.89 bits per heavy atom. The summed E-state index contributed by atoms with van der Waals surface area (Å²) in [7, 11) is 0. The van der Waals surface area contributed by atoms with Gasteiger partial charge in [0.2, 0.25) is 5.91 Å². The summed E-state index contributed by atoms with van der Waals surface area (Å²) in [6.45, 7) is 0. The zero-order valence-electron chi connectivity index (χ0n) is 15.0. The Labute approximate surface area is 162 Å². The van der Waals surface area contributed by atoms with Crippen LogP contribution in [0, 0.1) is 28.4 Å². The SMILES string of the molecule is N#CC(Cc1ccccc1)(Cc1ccccc1)C(=O)Nc1ccc(F)cc1F. The number of amides is 1. The number of nitrogens with zero attached hydrogens (tertiary/aromatic N) is 1. The Morgan fingerprint density at radius 2 is 1.43 bits per heavy atom. The van der Waals surface area contributed by atoms with E-state index >= 15 is 0 Å². The third kappa shape index (κ3) is 4.41. The van der Waals surface area contributed by atoms with Gasteiger partial charge in [0, 0.05) is 18.9 Å². The number of nitriles is 1. The molecule has 28 heavy (non-hydrogen) atoms. The number of rotatable bonds is 6. The van der Waals surface area contributed by atoms with Crippen LogP contribution in [0.5, 0.6) is 0 Å². The number of carbonyl (C=O) groups excluding carboxylic acids is 1. The van der Waals surface area contributed by atoms with Crippen molar-refractivity contribution < 1.29 is 13.6 Å². The lowest BCUT2D eigenvalue weighted by Gasteiger charge is -2.26. The van der Waals surface area contributed by atoms with Crippen LogP contribution >= 0.6 is 0 Å². The quantitative estimate of drug-likeness (QED) is 0.665. The third-order valence-electron chi connectivity index (χ3n) is 4.53. The van der Waals surface area contributed by atoms with Gasteiger partial charge in [0.15, 0.2) is 0 Å². The first-order valence-corrected chi connectivity index (χ1v) is 8.78. The van der Waals surface area contributed by atoms with Crippen LogP contribution in [0.15, 0.2) is 78.9 Å². The zero-order chi connectivity index (χ0) is 20.0. The van der Waals surface area contributed by atoms with Crippen LogP contribution in [0.4, 0.5) is 14.5 Å². The molecule has 0 aliphatic rings. The van der Waals surface area contributed by atoms with Crippen LogP contribution in [0.3, 0.4) is 0 Å². The van der Waals surface area contributed by atoms with Crippen molar-refractivity contribution in [3.05, 3.63) is 102 Å². The summed E-state index contributed by atoms with van der Waals surface area (Å²) in [5, 5.41) is 12.5. The van der Waals surface area contributed by atoms with E-state index in [-0.39, 0.29) is 18.5 Å². The smallest absolute Gasteiger partial charge is 0.245 e. The summed E-state index contributed by atoms with van der Waals surface area (Å²) in [5.74, 6) is -2.26. The number of halogens is 2. The van der Waals surface area contributed by atoms with Gasteiger partial charge >= 0.3 is 0 Å². The molecule has 140 valence electrons. The van der Waals surface area contributed by atoms with Crippen molar-refractivity contribution in [1.82, 2.24) is 0 Å². The molecule has 0 saturated heterocycles. The molecule has 1 amide bonds. The highest BCUT2D eigenvalue weighted by Gasteiger charge is 2.39. The Balaban J connectivity index is 1.96. The lowest BCUT2D eigenvalue weighted by molar-refractivity contribution is -0.122. The molecule has 0 saturated carbocycles. The van der Waals surface area contributed by atoms with E-state index < -0.39 is 23.0 Å². The van der Waals surface area contributed by atoms with Crippen molar-refractivity contribution >= 4 is 11.6 Å². The largest absolute Gasteiger partial charge is 0.322 e. The van der Waals surface area contributed by atoms with Crippen molar-refractivity contribution in [2.24, 2.45) is 5.41 Å². The monoisotopic (exact) mass is 376 g/mol. The molecule has 0 unspecified atom stereocenters. The Morgan fingerprint density at radius 1 is 0.893 bits per heavy atom. The number of hydrogen-bond acceptors (Lipinski definition) is 2. The Hall–Kier alpha value is -3.52. The lowest BCUT2D eigenvalue weighted by atomic mass is 9.77. The molecule has 0 aliphatic carbocycles. The first-order valence-electron chi connectivity index (χ1n) is 8.78. The summed E-state index contributed by atoms with van der Waals surface area (Å²) >= 11 is 0. The Kier molecular flexibility index (Phi) is 5.81. The normalized spacial score (nSPS) is 10.9. The van der Waals surface area contributed by atoms with Crippen LogP contribution in [-0.4, -0.2) is 5.91 Å². The fraction of sp³-hybridized carbons (Fsp3) is 0.130. The van der Waals surface area contributed by atoms with E-state index in [1.165, 1.54) is 0 Å². The van der Waals surface area contributed by atoms with E-state index in [2.05, 4.69) is 11.4 Å². The van der Waals surface area contributed by atoms with Crippen LogP contribution in [-0.2, 0) is 17.6 Å². The van der Waals surface area contributed by atoms with E-state index in [4.69, 9.17) is 0 Å². The van der Waals surface area contributed by atoms with Gasteiger partial charge in [0.05, 0.1) is 11.8 Å². The van der Waals surface area contributed by atoms with Gasteiger partial charge in [-0.1, -0.05) is 60.7 Å². The zero-order valence-corrected chi connectivity index (χ0v) is 15.0. The van der Waals surface area contributed by atoms with E-state index in [0.717, 1.165) is 23.3 Å². The molecule has 0 bridgehead atoms. The number of benzene rings is 3. The highest BCUT2D eigenvalue weighted by molar-refractivity contribution is 5.97. The van der Waals surface area contributed by atoms with Crippen molar-refractivity contribution in [2.45, 2.75) is 12.8 Å². The van der Waals surface area contributed by atoms with E-state index in [0.29, 0.717) is 6.07 Å². The molecule has 0 atom stereocenters. The second-order valence-corrected chi connectivity index (χ2v) is 6.60. The highest BCUT2D eigenvalue weighted by atomic mass is 19.1. The molecular formula is C23H18F2N2O. The maximum atomic E-state index is 14.0. The molecular weight excluding hydrogens is 358 g/mol. The predicted octanol–water partition coefficient (Wildman–Crippen LogP) is 4.90. The van der Waals surface area contributed by atoms with Gasteiger partial charge in [-0.05, 0) is 23.3 Å². The minimum atomic E-state index is -1.45. The molecule has 1 N–H and O–H groups in total. The fourth-order valence-corrected chi connectivity index (χ4v) is 3.07. The highest BCUT2D eigenvalue weighted by Crippen LogP contribution is 2.30. The number of anilines is 1. The van der Waals surface area contributed by atoms with Gasteiger partial charge in [-0.15, -0.1) is 0 Å². The molecule has 3 nitrogen and oxygen atoms in total. The van der Waals surface area contributed by atoms with Crippen LogP contribution in [0.25, 0.3) is 0 Å². The maximum Gasteiger partial charge on any atom is 0.245 e. The molecule has 3 aromatic rings. The molecule has 3 rings (SSSR count). The summed E-state index contributed by atoms with van der Waals surface area (Å²) in [4.78, 5) is 13.1. The first kappa shape index (κ1) is 19.2. The topological polar surface area (TPSA) is 52.9 Å².